The minimum absolute atomic E-state index is 0.108. The van der Waals surface area contributed by atoms with Crippen LogP contribution in [0.1, 0.15) is 51.2 Å². The Balaban J connectivity index is 2.03. The van der Waals surface area contributed by atoms with Crippen LogP contribution in [0, 0.1) is 17.8 Å². The molecule has 29 heavy (non-hydrogen) atoms. The first kappa shape index (κ1) is 21.9. The molecule has 3 rings (SSSR count). The van der Waals surface area contributed by atoms with Crippen molar-refractivity contribution < 1.29 is 14.3 Å². The molecule has 4 unspecified atom stereocenters. The molecule has 2 aromatic carbocycles. The fourth-order valence-electron chi connectivity index (χ4n) is 4.57. The third-order valence-electron chi connectivity index (χ3n) is 6.22. The number of methoxy groups -OCH3 is 1. The molecule has 0 aromatic heterocycles. The molecule has 1 saturated carbocycles. The molecule has 0 heterocycles. The highest BCUT2D eigenvalue weighted by molar-refractivity contribution is 6.30. The summed E-state index contributed by atoms with van der Waals surface area (Å²) in [5.74, 6) is 0.987. The SMILES string of the molecule is COC(C(=O)OC1CC(C)CCC1C(C)C)(c1ccccc1)c1cccc(Cl)c1. The van der Waals surface area contributed by atoms with Gasteiger partial charge in [0.1, 0.15) is 6.10 Å². The van der Waals surface area contributed by atoms with E-state index in [1.807, 2.05) is 42.5 Å². The lowest BCUT2D eigenvalue weighted by Gasteiger charge is -2.39. The number of rotatable bonds is 6. The second-order valence-electron chi connectivity index (χ2n) is 8.53. The molecule has 3 nitrogen and oxygen atoms in total. The zero-order valence-corrected chi connectivity index (χ0v) is 18.5. The number of halogens is 1. The van der Waals surface area contributed by atoms with Gasteiger partial charge >= 0.3 is 5.97 Å². The van der Waals surface area contributed by atoms with Crippen molar-refractivity contribution in [2.24, 2.45) is 17.8 Å². The number of hydrogen-bond acceptors (Lipinski definition) is 3. The summed E-state index contributed by atoms with van der Waals surface area (Å²) in [6.45, 7) is 6.65. The molecule has 0 bridgehead atoms. The van der Waals surface area contributed by atoms with Crippen LogP contribution < -0.4 is 0 Å². The number of esters is 1. The van der Waals surface area contributed by atoms with Crippen molar-refractivity contribution in [3.8, 4) is 0 Å². The van der Waals surface area contributed by atoms with Gasteiger partial charge in [-0.2, -0.15) is 0 Å². The van der Waals surface area contributed by atoms with E-state index in [2.05, 4.69) is 20.8 Å². The summed E-state index contributed by atoms with van der Waals surface area (Å²) in [5, 5.41) is 0.555. The molecule has 0 spiro atoms. The number of ether oxygens (including phenoxy) is 2. The topological polar surface area (TPSA) is 35.5 Å². The molecule has 1 fully saturated rings. The Morgan fingerprint density at radius 2 is 1.76 bits per heavy atom. The second kappa shape index (κ2) is 9.32. The fourth-order valence-corrected chi connectivity index (χ4v) is 4.76. The third-order valence-corrected chi connectivity index (χ3v) is 6.46. The highest BCUT2D eigenvalue weighted by Gasteiger charge is 2.46. The van der Waals surface area contributed by atoms with Crippen molar-refractivity contribution in [2.75, 3.05) is 7.11 Å². The van der Waals surface area contributed by atoms with E-state index in [9.17, 15) is 4.79 Å². The molecule has 4 atom stereocenters. The van der Waals surface area contributed by atoms with E-state index >= 15 is 0 Å². The predicted octanol–water partition coefficient (Wildman–Crippen LogP) is 6.23. The highest BCUT2D eigenvalue weighted by Crippen LogP contribution is 2.40. The highest BCUT2D eigenvalue weighted by atomic mass is 35.5. The van der Waals surface area contributed by atoms with Crippen LogP contribution in [-0.2, 0) is 19.9 Å². The molecule has 0 amide bonds. The van der Waals surface area contributed by atoms with Gasteiger partial charge in [-0.15, -0.1) is 0 Å². The molecule has 0 radical (unpaired) electrons. The maximum Gasteiger partial charge on any atom is 0.348 e. The predicted molar refractivity (Wildman–Crippen MR) is 117 cm³/mol. The largest absolute Gasteiger partial charge is 0.459 e. The van der Waals surface area contributed by atoms with Gasteiger partial charge in [0.25, 0.3) is 0 Å². The average molecular weight is 415 g/mol. The maximum absolute atomic E-state index is 13.8. The van der Waals surface area contributed by atoms with Crippen molar-refractivity contribution >= 4 is 17.6 Å². The van der Waals surface area contributed by atoms with E-state index in [1.54, 1.807) is 19.2 Å². The van der Waals surface area contributed by atoms with Gasteiger partial charge in [-0.1, -0.05) is 81.3 Å². The number of carbonyl (C=O) groups is 1. The molecule has 0 saturated heterocycles. The van der Waals surface area contributed by atoms with E-state index < -0.39 is 5.60 Å². The van der Waals surface area contributed by atoms with Crippen molar-refractivity contribution in [3.05, 3.63) is 70.7 Å². The number of benzene rings is 2. The quantitative estimate of drug-likeness (QED) is 0.525. The summed E-state index contributed by atoms with van der Waals surface area (Å²) >= 11 is 6.27. The van der Waals surface area contributed by atoms with Gasteiger partial charge in [0.15, 0.2) is 0 Å². The average Bonchev–Trinajstić information content (AvgIpc) is 2.70. The molecule has 1 aliphatic carbocycles. The molecule has 156 valence electrons. The Morgan fingerprint density at radius 1 is 1.07 bits per heavy atom. The monoisotopic (exact) mass is 414 g/mol. The van der Waals surface area contributed by atoms with Gasteiger partial charge in [0.05, 0.1) is 0 Å². The van der Waals surface area contributed by atoms with Crippen LogP contribution in [0.5, 0.6) is 0 Å². The van der Waals surface area contributed by atoms with Crippen LogP contribution in [0.3, 0.4) is 0 Å². The molecule has 1 aliphatic rings. The van der Waals surface area contributed by atoms with E-state index in [0.29, 0.717) is 28.3 Å². The van der Waals surface area contributed by atoms with E-state index in [1.165, 1.54) is 6.42 Å². The standard InChI is InChI=1S/C25H31ClO3/c1-17(2)22-14-13-18(3)15-23(22)29-24(27)25(28-4,19-9-6-5-7-10-19)20-11-8-12-21(26)16-20/h5-12,16-18,22-23H,13-15H2,1-4H3. The summed E-state index contributed by atoms with van der Waals surface area (Å²) in [5.41, 5.74) is 0.0577. The lowest BCUT2D eigenvalue weighted by Crippen LogP contribution is -2.45. The zero-order valence-electron chi connectivity index (χ0n) is 17.7. The maximum atomic E-state index is 13.8. The molecule has 4 heteroatoms. The van der Waals surface area contributed by atoms with Crippen molar-refractivity contribution in [1.82, 2.24) is 0 Å². The third kappa shape index (κ3) is 4.51. The van der Waals surface area contributed by atoms with Gasteiger partial charge in [0.2, 0.25) is 5.60 Å². The number of hydrogen-bond donors (Lipinski definition) is 0. The summed E-state index contributed by atoms with van der Waals surface area (Å²) in [7, 11) is 1.55. The van der Waals surface area contributed by atoms with Crippen LogP contribution >= 0.6 is 11.6 Å². The van der Waals surface area contributed by atoms with Crippen LogP contribution in [0.25, 0.3) is 0 Å². The van der Waals surface area contributed by atoms with E-state index in [4.69, 9.17) is 21.1 Å². The van der Waals surface area contributed by atoms with Crippen LogP contribution in [0.4, 0.5) is 0 Å². The first-order valence-electron chi connectivity index (χ1n) is 10.5. The second-order valence-corrected chi connectivity index (χ2v) is 8.97. The molecular formula is C25H31ClO3. The molecule has 2 aromatic rings. The Bertz CT molecular complexity index is 820. The van der Waals surface area contributed by atoms with Crippen LogP contribution in [0.2, 0.25) is 5.02 Å². The van der Waals surface area contributed by atoms with Crippen LogP contribution in [0.15, 0.2) is 54.6 Å². The lowest BCUT2D eigenvalue weighted by molar-refractivity contribution is -0.177. The Labute approximate surface area is 179 Å². The molecule has 0 N–H and O–H groups in total. The van der Waals surface area contributed by atoms with Gasteiger partial charge < -0.3 is 9.47 Å². The van der Waals surface area contributed by atoms with Crippen molar-refractivity contribution in [2.45, 2.75) is 51.7 Å². The number of carbonyl (C=O) groups excluding carboxylic acids is 1. The smallest absolute Gasteiger partial charge is 0.348 e. The minimum atomic E-state index is -1.35. The van der Waals surface area contributed by atoms with E-state index in [0.717, 1.165) is 18.4 Å². The lowest BCUT2D eigenvalue weighted by atomic mass is 9.75. The Kier molecular flexibility index (Phi) is 7.02. The van der Waals surface area contributed by atoms with E-state index in [-0.39, 0.29) is 12.1 Å². The molecular weight excluding hydrogens is 384 g/mol. The summed E-state index contributed by atoms with van der Waals surface area (Å²) < 4.78 is 12.2. The van der Waals surface area contributed by atoms with Crippen LogP contribution in [-0.4, -0.2) is 19.2 Å². The molecule has 0 aliphatic heterocycles. The normalized spacial score (nSPS) is 24.1. The first-order chi connectivity index (χ1) is 13.9. The van der Waals surface area contributed by atoms with Crippen molar-refractivity contribution in [1.29, 1.82) is 0 Å². The Morgan fingerprint density at radius 3 is 2.38 bits per heavy atom. The Hall–Kier alpha value is -1.84. The fraction of sp³-hybridized carbons (Fsp3) is 0.480. The minimum Gasteiger partial charge on any atom is -0.459 e. The van der Waals surface area contributed by atoms with Gasteiger partial charge in [-0.25, -0.2) is 4.79 Å². The zero-order chi connectivity index (χ0) is 21.0. The summed E-state index contributed by atoms with van der Waals surface area (Å²) in [4.78, 5) is 13.8. The van der Waals surface area contributed by atoms with Crippen molar-refractivity contribution in [3.63, 3.8) is 0 Å². The van der Waals surface area contributed by atoms with Gasteiger partial charge in [-0.3, -0.25) is 0 Å². The summed E-state index contributed by atoms with van der Waals surface area (Å²) in [6, 6.07) is 16.8. The van der Waals surface area contributed by atoms with Gasteiger partial charge in [0, 0.05) is 17.7 Å². The summed E-state index contributed by atoms with van der Waals surface area (Å²) in [6.07, 6.45) is 3.04. The van der Waals surface area contributed by atoms with Gasteiger partial charge in [-0.05, 0) is 48.3 Å². The first-order valence-corrected chi connectivity index (χ1v) is 10.8.